The first kappa shape index (κ1) is 73.8. The van der Waals surface area contributed by atoms with Crippen LogP contribution in [0.2, 0.25) is 0 Å². The number of rotatable bonds is 61. The minimum absolute atomic E-state index is 0.0761. The summed E-state index contributed by atoms with van der Waals surface area (Å²) in [5.74, 6) is -0.870. The molecule has 0 radical (unpaired) electrons. The molecule has 0 aliphatic heterocycles. The van der Waals surface area contributed by atoms with Gasteiger partial charge >= 0.3 is 17.9 Å². The SMILES string of the molecule is CC/C=C\C/C=C\C/C=C\C/C=C\C/C=C\CCCCCCCCCC(=O)OCC(COC(=O)CCCCCCCCCCCCCCCCC)OC(=O)CCCCCCCCCCC/C=C\CCCCCCCCCC. The predicted octanol–water partition coefficient (Wildman–Crippen LogP) is 22.9. The molecule has 0 aromatic heterocycles. The normalized spacial score (nSPS) is 12.5. The smallest absolute Gasteiger partial charge is 0.306 e. The molecule has 0 heterocycles. The molecular formula is C71H126O6. The molecular weight excluding hydrogens is 949 g/mol. The van der Waals surface area contributed by atoms with Crippen LogP contribution in [-0.2, 0) is 28.6 Å². The molecule has 0 spiro atoms. The molecule has 0 aromatic rings. The van der Waals surface area contributed by atoms with Gasteiger partial charge in [-0.05, 0) is 89.9 Å². The predicted molar refractivity (Wildman–Crippen MR) is 335 cm³/mol. The molecule has 0 aliphatic carbocycles. The van der Waals surface area contributed by atoms with Gasteiger partial charge in [0.05, 0.1) is 0 Å². The third kappa shape index (κ3) is 63.6. The first-order chi connectivity index (χ1) is 38.0. The Morgan fingerprint density at radius 3 is 0.805 bits per heavy atom. The summed E-state index contributed by atoms with van der Waals surface area (Å²) >= 11 is 0. The lowest BCUT2D eigenvalue weighted by Gasteiger charge is -2.18. The van der Waals surface area contributed by atoms with Gasteiger partial charge in [-0.3, -0.25) is 14.4 Å². The molecule has 0 bridgehead atoms. The van der Waals surface area contributed by atoms with E-state index in [-0.39, 0.29) is 31.1 Å². The zero-order valence-corrected chi connectivity index (χ0v) is 51.2. The van der Waals surface area contributed by atoms with Crippen LogP contribution in [0.4, 0.5) is 0 Å². The van der Waals surface area contributed by atoms with Crippen molar-refractivity contribution >= 4 is 17.9 Å². The fourth-order valence-corrected chi connectivity index (χ4v) is 9.70. The molecule has 1 atom stereocenters. The summed E-state index contributed by atoms with van der Waals surface area (Å²) in [5.41, 5.74) is 0. The van der Waals surface area contributed by atoms with E-state index >= 15 is 0 Å². The zero-order chi connectivity index (χ0) is 55.7. The average Bonchev–Trinajstić information content (AvgIpc) is 3.43. The number of esters is 3. The maximum atomic E-state index is 12.9. The quantitative estimate of drug-likeness (QED) is 0.0261. The fourth-order valence-electron chi connectivity index (χ4n) is 9.70. The van der Waals surface area contributed by atoms with E-state index in [1.807, 2.05) is 0 Å². The second-order valence-electron chi connectivity index (χ2n) is 22.4. The van der Waals surface area contributed by atoms with E-state index in [1.165, 1.54) is 205 Å². The Labute approximate surface area is 478 Å². The third-order valence-electron chi connectivity index (χ3n) is 14.7. The van der Waals surface area contributed by atoms with Crippen molar-refractivity contribution in [3.8, 4) is 0 Å². The van der Waals surface area contributed by atoms with Gasteiger partial charge in [-0.25, -0.2) is 0 Å². The summed E-state index contributed by atoms with van der Waals surface area (Å²) in [6.45, 7) is 6.57. The summed E-state index contributed by atoms with van der Waals surface area (Å²) in [6, 6.07) is 0. The van der Waals surface area contributed by atoms with E-state index in [4.69, 9.17) is 14.2 Å². The second kappa shape index (κ2) is 65.4. The van der Waals surface area contributed by atoms with Crippen molar-refractivity contribution in [1.82, 2.24) is 0 Å². The molecule has 0 aromatic carbocycles. The Morgan fingerprint density at radius 1 is 0.273 bits per heavy atom. The standard InChI is InChI=1S/C71H126O6/c1-4-7-10-13-16-19-22-25-28-30-32-34-35-37-38-40-43-46-49-52-55-58-61-64-70(73)76-67-68(66-75-69(72)63-60-57-54-51-48-45-42-27-24-21-18-15-12-9-6-3)77-71(74)65-62-59-56-53-50-47-44-41-39-36-33-31-29-26-23-20-17-14-11-8-5-2/h7,10,16,19,25,28,31-34,37-38,68H,4-6,8-9,11-15,17-18,20-24,26-27,29-30,35-36,39-67H2,1-3H3/b10-7-,19-16-,28-25-,33-31-,34-32-,38-37-. The number of carbonyl (C=O) groups excluding carboxylic acids is 3. The van der Waals surface area contributed by atoms with Gasteiger partial charge in [-0.15, -0.1) is 0 Å². The van der Waals surface area contributed by atoms with Crippen LogP contribution in [0, 0.1) is 0 Å². The van der Waals surface area contributed by atoms with Gasteiger partial charge in [0.25, 0.3) is 0 Å². The third-order valence-corrected chi connectivity index (χ3v) is 14.7. The maximum Gasteiger partial charge on any atom is 0.306 e. The van der Waals surface area contributed by atoms with Gasteiger partial charge in [0.1, 0.15) is 13.2 Å². The minimum Gasteiger partial charge on any atom is -0.462 e. The van der Waals surface area contributed by atoms with Gasteiger partial charge in [0.2, 0.25) is 0 Å². The molecule has 6 heteroatoms. The lowest BCUT2D eigenvalue weighted by Crippen LogP contribution is -2.30. The Bertz CT molecular complexity index is 1420. The Kier molecular flexibility index (Phi) is 62.7. The highest BCUT2D eigenvalue weighted by molar-refractivity contribution is 5.71. The lowest BCUT2D eigenvalue weighted by molar-refractivity contribution is -0.167. The average molecular weight is 1080 g/mol. The van der Waals surface area contributed by atoms with Crippen LogP contribution in [0.3, 0.4) is 0 Å². The Morgan fingerprint density at radius 2 is 0.506 bits per heavy atom. The van der Waals surface area contributed by atoms with Gasteiger partial charge in [0.15, 0.2) is 6.10 Å². The molecule has 0 fully saturated rings. The molecule has 0 saturated carbocycles. The zero-order valence-electron chi connectivity index (χ0n) is 51.2. The Hall–Kier alpha value is -3.15. The minimum atomic E-state index is -0.781. The fraction of sp³-hybridized carbons (Fsp3) is 0.789. The van der Waals surface area contributed by atoms with Crippen LogP contribution in [0.15, 0.2) is 72.9 Å². The molecule has 0 saturated heterocycles. The van der Waals surface area contributed by atoms with Crippen molar-refractivity contribution in [2.24, 2.45) is 0 Å². The maximum absolute atomic E-state index is 12.9. The van der Waals surface area contributed by atoms with Crippen molar-refractivity contribution in [3.63, 3.8) is 0 Å². The number of ether oxygens (including phenoxy) is 3. The van der Waals surface area contributed by atoms with Crippen LogP contribution >= 0.6 is 0 Å². The molecule has 77 heavy (non-hydrogen) atoms. The van der Waals surface area contributed by atoms with Gasteiger partial charge < -0.3 is 14.2 Å². The van der Waals surface area contributed by atoms with Crippen molar-refractivity contribution in [2.45, 2.75) is 348 Å². The first-order valence-corrected chi connectivity index (χ1v) is 33.4. The molecule has 0 rings (SSSR count). The van der Waals surface area contributed by atoms with Crippen molar-refractivity contribution in [2.75, 3.05) is 13.2 Å². The van der Waals surface area contributed by atoms with E-state index in [0.717, 1.165) is 96.3 Å². The highest BCUT2D eigenvalue weighted by Gasteiger charge is 2.19. The van der Waals surface area contributed by atoms with Crippen LogP contribution < -0.4 is 0 Å². The summed E-state index contributed by atoms with van der Waals surface area (Å²) in [4.78, 5) is 38.4. The monoisotopic (exact) mass is 1070 g/mol. The van der Waals surface area contributed by atoms with Crippen LogP contribution in [0.25, 0.3) is 0 Å². The van der Waals surface area contributed by atoms with Gasteiger partial charge in [-0.1, -0.05) is 306 Å². The summed E-state index contributed by atoms with van der Waals surface area (Å²) < 4.78 is 17.0. The highest BCUT2D eigenvalue weighted by Crippen LogP contribution is 2.17. The molecule has 0 N–H and O–H groups in total. The molecule has 446 valence electrons. The highest BCUT2D eigenvalue weighted by atomic mass is 16.6. The second-order valence-corrected chi connectivity index (χ2v) is 22.4. The lowest BCUT2D eigenvalue weighted by atomic mass is 10.0. The first-order valence-electron chi connectivity index (χ1n) is 33.4. The van der Waals surface area contributed by atoms with Crippen molar-refractivity contribution < 1.29 is 28.6 Å². The number of hydrogen-bond donors (Lipinski definition) is 0. The summed E-state index contributed by atoms with van der Waals surface area (Å²) in [6.07, 6.45) is 84.8. The van der Waals surface area contributed by atoms with Crippen LogP contribution in [0.5, 0.6) is 0 Å². The van der Waals surface area contributed by atoms with Crippen LogP contribution in [0.1, 0.15) is 342 Å². The molecule has 0 aliphatic rings. The largest absolute Gasteiger partial charge is 0.462 e. The molecule has 1 unspecified atom stereocenters. The summed E-state index contributed by atoms with van der Waals surface area (Å²) in [5, 5.41) is 0. The summed E-state index contributed by atoms with van der Waals surface area (Å²) in [7, 11) is 0. The number of carbonyl (C=O) groups is 3. The van der Waals surface area contributed by atoms with E-state index in [9.17, 15) is 14.4 Å². The van der Waals surface area contributed by atoms with Crippen molar-refractivity contribution in [3.05, 3.63) is 72.9 Å². The number of allylic oxidation sites excluding steroid dienone is 12. The van der Waals surface area contributed by atoms with Gasteiger partial charge in [-0.2, -0.15) is 0 Å². The van der Waals surface area contributed by atoms with E-state index < -0.39 is 6.10 Å². The number of hydrogen-bond acceptors (Lipinski definition) is 6. The molecule has 0 amide bonds. The van der Waals surface area contributed by atoms with Crippen molar-refractivity contribution in [1.29, 1.82) is 0 Å². The number of unbranched alkanes of at least 4 members (excludes halogenated alkanes) is 38. The van der Waals surface area contributed by atoms with E-state index in [0.29, 0.717) is 19.3 Å². The topological polar surface area (TPSA) is 78.9 Å². The van der Waals surface area contributed by atoms with Gasteiger partial charge in [0, 0.05) is 19.3 Å². The Balaban J connectivity index is 4.36. The van der Waals surface area contributed by atoms with E-state index in [1.54, 1.807) is 0 Å². The van der Waals surface area contributed by atoms with E-state index in [2.05, 4.69) is 93.7 Å². The molecule has 6 nitrogen and oxygen atoms in total. The van der Waals surface area contributed by atoms with Crippen LogP contribution in [-0.4, -0.2) is 37.2 Å².